The van der Waals surface area contributed by atoms with Gasteiger partial charge in [0.25, 0.3) is 10.0 Å². The van der Waals surface area contributed by atoms with Crippen molar-refractivity contribution >= 4 is 40.6 Å². The molecule has 0 bridgehead atoms. The Labute approximate surface area is 153 Å². The number of nitrogens with one attached hydrogen (secondary N) is 1. The highest BCUT2D eigenvalue weighted by atomic mass is 35.5. The Morgan fingerprint density at radius 2 is 1.92 bits per heavy atom. The molecular formula is C12H15ClN3O6PS2. The van der Waals surface area contributed by atoms with E-state index in [0.29, 0.717) is 28.8 Å². The summed E-state index contributed by atoms with van der Waals surface area (Å²) in [6.07, 6.45) is -0.277. The molecule has 0 atom stereocenters. The maximum Gasteiger partial charge on any atom is 0.340 e. The molecule has 3 N–H and O–H groups in total. The van der Waals surface area contributed by atoms with Crippen molar-refractivity contribution in [2.75, 3.05) is 18.8 Å². The van der Waals surface area contributed by atoms with E-state index in [4.69, 9.17) is 26.1 Å². The summed E-state index contributed by atoms with van der Waals surface area (Å²) < 4.78 is 41.6. The standard InChI is InChI=1S/C12H15ClN3O6PS2/c13-6-1-7-22-10-4-2-9(3-5-10)11-15-16-12(24-11)25(20,21)14-8-23(17,18)19/h2-5,14H,1,6-8H2,(H2,17,18,19). The van der Waals surface area contributed by atoms with Crippen molar-refractivity contribution < 1.29 is 27.5 Å². The third kappa shape index (κ3) is 6.30. The summed E-state index contributed by atoms with van der Waals surface area (Å²) in [6, 6.07) is 6.84. The van der Waals surface area contributed by atoms with Crippen molar-refractivity contribution in [2.24, 2.45) is 0 Å². The van der Waals surface area contributed by atoms with Crippen LogP contribution in [0.4, 0.5) is 0 Å². The van der Waals surface area contributed by atoms with Crippen LogP contribution in [-0.2, 0) is 14.6 Å². The highest BCUT2D eigenvalue weighted by molar-refractivity contribution is 7.91. The molecule has 138 valence electrons. The van der Waals surface area contributed by atoms with Crippen molar-refractivity contribution in [1.29, 1.82) is 0 Å². The number of rotatable bonds is 9. The Hall–Kier alpha value is -1.07. The lowest BCUT2D eigenvalue weighted by molar-refractivity contribution is 0.318. The lowest BCUT2D eigenvalue weighted by Gasteiger charge is -2.05. The molecule has 25 heavy (non-hydrogen) atoms. The zero-order valence-electron chi connectivity index (χ0n) is 12.7. The van der Waals surface area contributed by atoms with Crippen LogP contribution in [-0.4, -0.2) is 47.2 Å². The molecule has 0 unspecified atom stereocenters. The average Bonchev–Trinajstić information content (AvgIpc) is 3.04. The first-order valence-electron chi connectivity index (χ1n) is 6.88. The van der Waals surface area contributed by atoms with Gasteiger partial charge in [-0.3, -0.25) is 4.57 Å². The summed E-state index contributed by atoms with van der Waals surface area (Å²) in [6.45, 7) is 0.495. The normalized spacial score (nSPS) is 12.3. The molecule has 13 heteroatoms. The molecule has 0 spiro atoms. The number of aromatic nitrogens is 2. The second kappa shape index (κ2) is 8.54. The van der Waals surface area contributed by atoms with Gasteiger partial charge >= 0.3 is 7.60 Å². The van der Waals surface area contributed by atoms with Crippen LogP contribution in [0.3, 0.4) is 0 Å². The van der Waals surface area contributed by atoms with Gasteiger partial charge in [0, 0.05) is 11.4 Å². The van der Waals surface area contributed by atoms with E-state index in [1.165, 1.54) is 0 Å². The van der Waals surface area contributed by atoms with E-state index in [1.54, 1.807) is 29.0 Å². The summed E-state index contributed by atoms with van der Waals surface area (Å²) in [4.78, 5) is 17.5. The minimum absolute atomic E-state index is 0.351. The van der Waals surface area contributed by atoms with Gasteiger partial charge in [-0.1, -0.05) is 11.3 Å². The number of hydrogen-bond acceptors (Lipinski definition) is 7. The predicted octanol–water partition coefficient (Wildman–Crippen LogP) is 1.63. The van der Waals surface area contributed by atoms with Crippen LogP contribution in [0.1, 0.15) is 6.42 Å². The number of hydrogen-bond donors (Lipinski definition) is 3. The molecule has 0 aliphatic rings. The SMILES string of the molecule is O=P(O)(O)CNS(=O)(=O)c1nnc(-c2ccc(OCCCCl)cc2)s1. The first kappa shape index (κ1) is 20.2. The van der Waals surface area contributed by atoms with Crippen LogP contribution in [0.2, 0.25) is 0 Å². The Kier molecular flexibility index (Phi) is 6.92. The summed E-state index contributed by atoms with van der Waals surface area (Å²) in [5, 5.41) is 7.72. The fourth-order valence-corrected chi connectivity index (χ4v) is 4.77. The summed E-state index contributed by atoms with van der Waals surface area (Å²) in [5.41, 5.74) is 0.638. The van der Waals surface area contributed by atoms with Crippen LogP contribution >= 0.6 is 30.5 Å². The van der Waals surface area contributed by atoms with E-state index in [2.05, 4.69) is 10.2 Å². The van der Waals surface area contributed by atoms with Crippen molar-refractivity contribution in [1.82, 2.24) is 14.9 Å². The first-order valence-corrected chi connectivity index (χ1v) is 11.5. The number of ether oxygens (including phenoxy) is 1. The van der Waals surface area contributed by atoms with Gasteiger partial charge in [0.05, 0.1) is 6.61 Å². The number of sulfonamides is 1. The molecule has 0 radical (unpaired) electrons. The fraction of sp³-hybridized carbons (Fsp3) is 0.333. The van der Waals surface area contributed by atoms with Gasteiger partial charge in [-0.15, -0.1) is 21.8 Å². The topological polar surface area (TPSA) is 139 Å². The van der Waals surface area contributed by atoms with Crippen molar-refractivity contribution in [2.45, 2.75) is 10.8 Å². The van der Waals surface area contributed by atoms with Gasteiger partial charge in [-0.25, -0.2) is 8.42 Å². The molecule has 9 nitrogen and oxygen atoms in total. The van der Waals surface area contributed by atoms with E-state index in [1.807, 2.05) is 0 Å². The van der Waals surface area contributed by atoms with Crippen LogP contribution < -0.4 is 9.46 Å². The number of nitrogens with zero attached hydrogens (tertiary/aromatic N) is 2. The van der Waals surface area contributed by atoms with E-state index in [9.17, 15) is 13.0 Å². The van der Waals surface area contributed by atoms with Crippen LogP contribution in [0, 0.1) is 0 Å². The molecule has 1 aromatic heterocycles. The molecule has 0 saturated heterocycles. The van der Waals surface area contributed by atoms with Gasteiger partial charge in [0.15, 0.2) is 0 Å². The molecule has 0 aliphatic heterocycles. The van der Waals surface area contributed by atoms with Gasteiger partial charge in [-0.05, 0) is 30.7 Å². The van der Waals surface area contributed by atoms with Gasteiger partial charge < -0.3 is 14.5 Å². The number of halogens is 1. The zero-order chi connectivity index (χ0) is 18.5. The van der Waals surface area contributed by atoms with Gasteiger partial charge in [0.2, 0.25) is 4.34 Å². The van der Waals surface area contributed by atoms with E-state index in [0.717, 1.165) is 17.8 Å². The van der Waals surface area contributed by atoms with E-state index >= 15 is 0 Å². The van der Waals surface area contributed by atoms with Crippen LogP contribution in [0.15, 0.2) is 28.6 Å². The van der Waals surface area contributed by atoms with Crippen molar-refractivity contribution in [3.8, 4) is 16.3 Å². The molecule has 2 rings (SSSR count). The van der Waals surface area contributed by atoms with Crippen molar-refractivity contribution in [3.05, 3.63) is 24.3 Å². The fourth-order valence-electron chi connectivity index (χ4n) is 1.60. The second-order valence-corrected chi connectivity index (χ2v) is 9.70. The number of benzene rings is 1. The van der Waals surface area contributed by atoms with Gasteiger partial charge in [-0.2, -0.15) is 4.72 Å². The van der Waals surface area contributed by atoms with Crippen LogP contribution in [0.25, 0.3) is 10.6 Å². The average molecular weight is 428 g/mol. The lowest BCUT2D eigenvalue weighted by atomic mass is 10.2. The first-order chi connectivity index (χ1) is 11.7. The summed E-state index contributed by atoms with van der Waals surface area (Å²) in [5.74, 6) is 1.16. The maximum atomic E-state index is 11.9. The lowest BCUT2D eigenvalue weighted by Crippen LogP contribution is -2.24. The van der Waals surface area contributed by atoms with E-state index < -0.39 is 23.9 Å². The Morgan fingerprint density at radius 1 is 1.24 bits per heavy atom. The third-order valence-electron chi connectivity index (χ3n) is 2.74. The molecular weight excluding hydrogens is 413 g/mol. The molecule has 1 aromatic carbocycles. The Bertz CT molecular complexity index is 852. The quantitative estimate of drug-likeness (QED) is 0.312. The molecule has 0 saturated carbocycles. The Morgan fingerprint density at radius 3 is 2.52 bits per heavy atom. The largest absolute Gasteiger partial charge is 0.494 e. The number of alkyl halides is 1. The van der Waals surface area contributed by atoms with Crippen molar-refractivity contribution in [3.63, 3.8) is 0 Å². The zero-order valence-corrected chi connectivity index (χ0v) is 16.0. The summed E-state index contributed by atoms with van der Waals surface area (Å²) >= 11 is 6.36. The maximum absolute atomic E-state index is 11.9. The predicted molar refractivity (Wildman–Crippen MR) is 93.4 cm³/mol. The highest BCUT2D eigenvalue weighted by Gasteiger charge is 2.24. The minimum atomic E-state index is -4.51. The molecule has 0 amide bonds. The third-order valence-corrected chi connectivity index (χ3v) is 6.54. The minimum Gasteiger partial charge on any atom is -0.494 e. The molecule has 0 aliphatic carbocycles. The summed E-state index contributed by atoms with van der Waals surface area (Å²) in [7, 11) is -8.65. The second-order valence-electron chi connectivity index (χ2n) is 4.76. The smallest absolute Gasteiger partial charge is 0.340 e. The molecule has 2 aromatic rings. The highest BCUT2D eigenvalue weighted by Crippen LogP contribution is 2.33. The monoisotopic (exact) mass is 427 g/mol. The van der Waals surface area contributed by atoms with Gasteiger partial charge in [0.1, 0.15) is 17.0 Å². The molecule has 0 fully saturated rings. The molecule has 1 heterocycles. The van der Waals surface area contributed by atoms with Crippen LogP contribution in [0.5, 0.6) is 5.75 Å². The van der Waals surface area contributed by atoms with E-state index in [-0.39, 0.29) is 4.34 Å². The Balaban J connectivity index is 2.09.